The predicted octanol–water partition coefficient (Wildman–Crippen LogP) is 0.490. The van der Waals surface area contributed by atoms with E-state index < -0.39 is 12.2 Å². The molecule has 0 aromatic heterocycles. The third kappa shape index (κ3) is 1.33. The number of carbonyl (C=O) groups is 2. The molecule has 19 heavy (non-hydrogen) atoms. The smallest absolute Gasteiger partial charge is 0.306 e. The highest BCUT2D eigenvalue weighted by atomic mass is 16.6. The van der Waals surface area contributed by atoms with E-state index in [9.17, 15) is 14.7 Å². The van der Waals surface area contributed by atoms with Crippen LogP contribution in [0.4, 0.5) is 0 Å². The van der Waals surface area contributed by atoms with Gasteiger partial charge in [0.05, 0.1) is 19.0 Å². The number of fused-ring (bicyclic) bond motifs is 5. The quantitative estimate of drug-likeness (QED) is 0.689. The second-order valence-electron chi connectivity index (χ2n) is 5.38. The zero-order chi connectivity index (χ0) is 13.1. The Kier molecular flexibility index (Phi) is 2.07. The molecule has 1 N–H and O–H groups in total. The summed E-state index contributed by atoms with van der Waals surface area (Å²) in [6, 6.07) is 7.32. The van der Waals surface area contributed by atoms with Gasteiger partial charge in [0.25, 0.3) is 5.91 Å². The van der Waals surface area contributed by atoms with Crippen molar-refractivity contribution in [2.75, 3.05) is 6.54 Å². The van der Waals surface area contributed by atoms with Gasteiger partial charge >= 0.3 is 5.97 Å². The SMILES string of the molecule is O=C1CC2C(O1)C(O)CN1C(=O)c3ccccc3C21. The molecule has 1 aromatic rings. The van der Waals surface area contributed by atoms with Gasteiger partial charge in [-0.25, -0.2) is 0 Å². The molecule has 98 valence electrons. The first kappa shape index (κ1) is 11.0. The highest BCUT2D eigenvalue weighted by Gasteiger charge is 2.54. The number of benzene rings is 1. The number of ether oxygens (including phenoxy) is 1. The number of hydrogen-bond acceptors (Lipinski definition) is 4. The van der Waals surface area contributed by atoms with Crippen molar-refractivity contribution in [1.29, 1.82) is 0 Å². The zero-order valence-electron chi connectivity index (χ0n) is 10.2. The van der Waals surface area contributed by atoms with Gasteiger partial charge in [0.1, 0.15) is 12.2 Å². The Morgan fingerprint density at radius 2 is 2.05 bits per heavy atom. The molecule has 5 heteroatoms. The molecule has 0 aliphatic carbocycles. The second-order valence-corrected chi connectivity index (χ2v) is 5.38. The van der Waals surface area contributed by atoms with Crippen LogP contribution >= 0.6 is 0 Å². The van der Waals surface area contributed by atoms with Crippen LogP contribution < -0.4 is 0 Å². The summed E-state index contributed by atoms with van der Waals surface area (Å²) in [6.07, 6.45) is -0.997. The molecule has 1 aromatic carbocycles. The van der Waals surface area contributed by atoms with E-state index in [0.29, 0.717) is 5.56 Å². The molecule has 0 radical (unpaired) electrons. The standard InChI is InChI=1S/C14H13NO4/c16-10-6-15-12(9-5-11(17)19-13(9)10)7-3-1-2-4-8(7)14(15)18/h1-4,9-10,12-13,16H,5-6H2. The van der Waals surface area contributed by atoms with Gasteiger partial charge in [-0.05, 0) is 11.6 Å². The van der Waals surface area contributed by atoms with E-state index in [1.54, 1.807) is 11.0 Å². The van der Waals surface area contributed by atoms with Crippen molar-refractivity contribution < 1.29 is 19.4 Å². The van der Waals surface area contributed by atoms with Crippen molar-refractivity contribution in [3.63, 3.8) is 0 Å². The van der Waals surface area contributed by atoms with Crippen LogP contribution in [0.2, 0.25) is 0 Å². The van der Waals surface area contributed by atoms with Crippen LogP contribution in [0.5, 0.6) is 0 Å². The Hall–Kier alpha value is -1.88. The number of esters is 1. The fourth-order valence-electron chi connectivity index (χ4n) is 3.61. The molecular formula is C14H13NO4. The van der Waals surface area contributed by atoms with Crippen molar-refractivity contribution in [3.8, 4) is 0 Å². The summed E-state index contributed by atoms with van der Waals surface area (Å²) >= 11 is 0. The maximum Gasteiger partial charge on any atom is 0.306 e. The molecule has 3 aliphatic rings. The molecular weight excluding hydrogens is 246 g/mol. The fourth-order valence-corrected chi connectivity index (χ4v) is 3.61. The maximum atomic E-state index is 12.3. The molecule has 2 saturated heterocycles. The second kappa shape index (κ2) is 3.57. The van der Waals surface area contributed by atoms with Gasteiger partial charge in [-0.2, -0.15) is 0 Å². The molecule has 4 atom stereocenters. The summed E-state index contributed by atoms with van der Waals surface area (Å²) < 4.78 is 5.21. The highest BCUT2D eigenvalue weighted by Crippen LogP contribution is 2.47. The minimum Gasteiger partial charge on any atom is -0.459 e. The number of hydrogen-bond donors (Lipinski definition) is 1. The summed E-state index contributed by atoms with van der Waals surface area (Å²) in [6.45, 7) is 0.229. The van der Waals surface area contributed by atoms with Gasteiger partial charge in [0.2, 0.25) is 0 Å². The number of rotatable bonds is 0. The van der Waals surface area contributed by atoms with Crippen LogP contribution in [0.3, 0.4) is 0 Å². The topological polar surface area (TPSA) is 66.8 Å². The van der Waals surface area contributed by atoms with E-state index in [1.165, 1.54) is 0 Å². The largest absolute Gasteiger partial charge is 0.459 e. The zero-order valence-corrected chi connectivity index (χ0v) is 10.2. The monoisotopic (exact) mass is 259 g/mol. The molecule has 3 heterocycles. The Morgan fingerprint density at radius 3 is 2.89 bits per heavy atom. The molecule has 2 fully saturated rings. The fraction of sp³-hybridized carbons (Fsp3) is 0.429. The summed E-state index contributed by atoms with van der Waals surface area (Å²) in [5, 5.41) is 10.1. The number of amides is 1. The summed E-state index contributed by atoms with van der Waals surface area (Å²) in [5.74, 6) is -0.478. The van der Waals surface area contributed by atoms with Crippen LogP contribution in [0.1, 0.15) is 28.4 Å². The van der Waals surface area contributed by atoms with Crippen LogP contribution in [0.25, 0.3) is 0 Å². The van der Waals surface area contributed by atoms with Crippen molar-refractivity contribution in [3.05, 3.63) is 35.4 Å². The molecule has 4 rings (SSSR count). The van der Waals surface area contributed by atoms with E-state index in [-0.39, 0.29) is 36.8 Å². The summed E-state index contributed by atoms with van der Waals surface area (Å²) in [5.41, 5.74) is 1.63. The first-order chi connectivity index (χ1) is 9.16. The average molecular weight is 259 g/mol. The molecule has 0 saturated carbocycles. The van der Waals surface area contributed by atoms with E-state index in [4.69, 9.17) is 4.74 Å². The maximum absolute atomic E-state index is 12.3. The Morgan fingerprint density at radius 1 is 1.26 bits per heavy atom. The number of aliphatic hydroxyl groups is 1. The Labute approximate surface area is 109 Å². The van der Waals surface area contributed by atoms with Gasteiger partial charge in [-0.3, -0.25) is 9.59 Å². The van der Waals surface area contributed by atoms with Gasteiger partial charge < -0.3 is 14.7 Å². The van der Waals surface area contributed by atoms with E-state index >= 15 is 0 Å². The number of carbonyl (C=O) groups excluding carboxylic acids is 2. The lowest BCUT2D eigenvalue weighted by Crippen LogP contribution is -2.51. The molecule has 4 unspecified atom stereocenters. The number of aliphatic hydroxyl groups excluding tert-OH is 1. The Bertz CT molecular complexity index is 585. The third-order valence-electron chi connectivity index (χ3n) is 4.37. The Balaban J connectivity index is 1.83. The first-order valence-corrected chi connectivity index (χ1v) is 6.44. The molecule has 1 amide bonds. The van der Waals surface area contributed by atoms with Gasteiger partial charge in [0, 0.05) is 11.5 Å². The predicted molar refractivity (Wildman–Crippen MR) is 64.2 cm³/mol. The normalized spacial score (nSPS) is 35.7. The third-order valence-corrected chi connectivity index (χ3v) is 4.37. The first-order valence-electron chi connectivity index (χ1n) is 6.44. The van der Waals surface area contributed by atoms with Crippen molar-refractivity contribution in [2.45, 2.75) is 24.7 Å². The van der Waals surface area contributed by atoms with Crippen molar-refractivity contribution in [1.82, 2.24) is 4.90 Å². The number of nitrogens with zero attached hydrogens (tertiary/aromatic N) is 1. The molecule has 0 bridgehead atoms. The minimum atomic E-state index is -0.786. The lowest BCUT2D eigenvalue weighted by atomic mass is 9.82. The van der Waals surface area contributed by atoms with Gasteiger partial charge in [-0.1, -0.05) is 18.2 Å². The lowest BCUT2D eigenvalue weighted by molar-refractivity contribution is -0.148. The van der Waals surface area contributed by atoms with Gasteiger partial charge in [0.15, 0.2) is 0 Å². The van der Waals surface area contributed by atoms with Crippen LogP contribution in [0, 0.1) is 5.92 Å². The minimum absolute atomic E-state index is 0.0579. The molecule has 0 spiro atoms. The summed E-state index contributed by atoms with van der Waals surface area (Å²) in [4.78, 5) is 25.5. The van der Waals surface area contributed by atoms with Crippen LogP contribution in [0.15, 0.2) is 24.3 Å². The van der Waals surface area contributed by atoms with Crippen molar-refractivity contribution in [2.24, 2.45) is 5.92 Å². The molecule has 5 nitrogen and oxygen atoms in total. The van der Waals surface area contributed by atoms with E-state index in [0.717, 1.165) is 5.56 Å². The average Bonchev–Trinajstić information content (AvgIpc) is 2.91. The van der Waals surface area contributed by atoms with Crippen molar-refractivity contribution >= 4 is 11.9 Å². The lowest BCUT2D eigenvalue weighted by Gasteiger charge is -2.40. The van der Waals surface area contributed by atoms with Gasteiger partial charge in [-0.15, -0.1) is 0 Å². The summed E-state index contributed by atoms with van der Waals surface area (Å²) in [7, 11) is 0. The van der Waals surface area contributed by atoms with E-state index in [2.05, 4.69) is 0 Å². The highest BCUT2D eigenvalue weighted by molar-refractivity contribution is 5.99. The van der Waals surface area contributed by atoms with E-state index in [1.807, 2.05) is 18.2 Å². The van der Waals surface area contributed by atoms with Crippen LogP contribution in [-0.2, 0) is 9.53 Å². The molecule has 3 aliphatic heterocycles. The van der Waals surface area contributed by atoms with Crippen LogP contribution in [-0.4, -0.2) is 40.6 Å². The number of piperidine rings is 1.